The van der Waals surface area contributed by atoms with Crippen molar-refractivity contribution in [1.29, 1.82) is 0 Å². The molecule has 0 unspecified atom stereocenters. The highest BCUT2D eigenvalue weighted by atomic mass is 16.2. The lowest BCUT2D eigenvalue weighted by atomic mass is 10.1. The zero-order valence-electron chi connectivity index (χ0n) is 9.08. The summed E-state index contributed by atoms with van der Waals surface area (Å²) < 4.78 is 0. The largest absolute Gasteiger partial charge is 0.350 e. The molecule has 2 rings (SSSR count). The standard InChI is InChI=1S/C11H8N4O3/c12-11(18)15-14-5-9(16)6-1-2-7-8(3-6)13-4-10(7)17/h1-5H,(H3,12,15,18)/b14-5+. The van der Waals surface area contributed by atoms with Gasteiger partial charge in [0.2, 0.25) is 11.6 Å². The van der Waals surface area contributed by atoms with Crippen LogP contribution >= 0.6 is 0 Å². The van der Waals surface area contributed by atoms with Crippen molar-refractivity contribution < 1.29 is 14.4 Å². The highest BCUT2D eigenvalue weighted by molar-refractivity contribution is 6.40. The number of hydrogen-bond donors (Lipinski definition) is 2. The number of hydrazone groups is 1. The van der Waals surface area contributed by atoms with Crippen LogP contribution in [0.1, 0.15) is 20.7 Å². The number of carbonyl (C=O) groups is 3. The average Bonchev–Trinajstić information content (AvgIpc) is 2.70. The molecule has 0 saturated carbocycles. The molecular weight excluding hydrogens is 236 g/mol. The van der Waals surface area contributed by atoms with Crippen molar-refractivity contribution in [3.63, 3.8) is 0 Å². The summed E-state index contributed by atoms with van der Waals surface area (Å²) in [4.78, 5) is 37.1. The molecule has 1 aliphatic heterocycles. The molecule has 0 aromatic heterocycles. The molecule has 0 saturated heterocycles. The van der Waals surface area contributed by atoms with Gasteiger partial charge in [-0.25, -0.2) is 10.2 Å². The molecule has 1 heterocycles. The van der Waals surface area contributed by atoms with Crippen molar-refractivity contribution in [3.8, 4) is 0 Å². The van der Waals surface area contributed by atoms with Crippen molar-refractivity contribution in [2.45, 2.75) is 0 Å². The molecule has 18 heavy (non-hydrogen) atoms. The van der Waals surface area contributed by atoms with Gasteiger partial charge in [-0.3, -0.25) is 14.6 Å². The van der Waals surface area contributed by atoms with E-state index in [-0.39, 0.29) is 5.78 Å². The maximum Gasteiger partial charge on any atom is 0.332 e. The van der Waals surface area contributed by atoms with E-state index in [0.717, 1.165) is 6.21 Å². The maximum atomic E-state index is 11.6. The predicted molar refractivity (Wildman–Crippen MR) is 64.5 cm³/mol. The van der Waals surface area contributed by atoms with E-state index in [1.165, 1.54) is 24.4 Å². The Hall–Kier alpha value is -2.83. The lowest BCUT2D eigenvalue weighted by Crippen LogP contribution is -2.24. The third-order valence-corrected chi connectivity index (χ3v) is 2.23. The number of rotatable bonds is 3. The Kier molecular flexibility index (Phi) is 2.96. The van der Waals surface area contributed by atoms with E-state index >= 15 is 0 Å². The topological polar surface area (TPSA) is 114 Å². The Bertz CT molecular complexity index is 604. The molecule has 0 atom stereocenters. The quantitative estimate of drug-likeness (QED) is 0.456. The fourth-order valence-electron chi connectivity index (χ4n) is 1.43. The summed E-state index contributed by atoms with van der Waals surface area (Å²) in [7, 11) is 0. The van der Waals surface area contributed by atoms with Gasteiger partial charge in [0.05, 0.1) is 18.1 Å². The molecule has 0 aliphatic carbocycles. The monoisotopic (exact) mass is 244 g/mol. The van der Waals surface area contributed by atoms with Gasteiger partial charge in [-0.15, -0.1) is 0 Å². The van der Waals surface area contributed by atoms with Crippen molar-refractivity contribution >= 4 is 35.7 Å². The molecule has 0 bridgehead atoms. The van der Waals surface area contributed by atoms with Crippen molar-refractivity contribution in [3.05, 3.63) is 29.3 Å². The Morgan fingerprint density at radius 1 is 1.39 bits per heavy atom. The van der Waals surface area contributed by atoms with Crippen LogP contribution in [0.25, 0.3) is 0 Å². The number of primary amides is 1. The summed E-state index contributed by atoms with van der Waals surface area (Å²) in [5, 5.41) is 3.35. The van der Waals surface area contributed by atoms with Crippen LogP contribution in [0.15, 0.2) is 28.3 Å². The second kappa shape index (κ2) is 4.58. The molecule has 0 radical (unpaired) electrons. The second-order valence-corrected chi connectivity index (χ2v) is 3.45. The number of amides is 2. The summed E-state index contributed by atoms with van der Waals surface area (Å²) in [6.45, 7) is 0. The molecule has 1 aromatic rings. The van der Waals surface area contributed by atoms with Crippen LogP contribution in [0.4, 0.5) is 10.5 Å². The number of nitrogens with two attached hydrogens (primary N) is 1. The molecule has 7 heteroatoms. The summed E-state index contributed by atoms with van der Waals surface area (Å²) in [6.07, 6.45) is 2.12. The number of nitrogens with one attached hydrogen (secondary N) is 1. The second-order valence-electron chi connectivity index (χ2n) is 3.45. The van der Waals surface area contributed by atoms with E-state index in [2.05, 4.69) is 10.1 Å². The Morgan fingerprint density at radius 2 is 2.17 bits per heavy atom. The van der Waals surface area contributed by atoms with Crippen LogP contribution in [0.5, 0.6) is 0 Å². The number of benzene rings is 1. The zero-order valence-corrected chi connectivity index (χ0v) is 9.08. The summed E-state index contributed by atoms with van der Waals surface area (Å²) >= 11 is 0. The first-order valence-corrected chi connectivity index (χ1v) is 4.93. The molecule has 2 amide bonds. The molecule has 7 nitrogen and oxygen atoms in total. The molecule has 3 N–H and O–H groups in total. The fraction of sp³-hybridized carbons (Fsp3) is 0. The van der Waals surface area contributed by atoms with Gasteiger partial charge in [0.25, 0.3) is 0 Å². The number of Topliss-reactive ketones (excluding diaryl/α,β-unsaturated/α-hetero) is 2. The molecular formula is C11H8N4O3. The van der Waals surface area contributed by atoms with Gasteiger partial charge in [0, 0.05) is 11.1 Å². The van der Waals surface area contributed by atoms with E-state index in [9.17, 15) is 14.4 Å². The minimum absolute atomic E-state index is 0.187. The number of fused-ring (bicyclic) bond motifs is 1. The minimum atomic E-state index is -0.858. The van der Waals surface area contributed by atoms with Crippen molar-refractivity contribution in [1.82, 2.24) is 5.43 Å². The van der Waals surface area contributed by atoms with Gasteiger partial charge in [-0.1, -0.05) is 6.07 Å². The van der Waals surface area contributed by atoms with Crippen LogP contribution < -0.4 is 11.2 Å². The molecule has 0 fully saturated rings. The summed E-state index contributed by atoms with van der Waals surface area (Å²) in [5.74, 6) is -0.617. The van der Waals surface area contributed by atoms with E-state index in [1.54, 1.807) is 0 Å². The van der Waals surface area contributed by atoms with Gasteiger partial charge >= 0.3 is 6.03 Å². The van der Waals surface area contributed by atoms with Crippen LogP contribution in [0.2, 0.25) is 0 Å². The number of ketones is 2. The summed E-state index contributed by atoms with van der Waals surface area (Å²) in [6, 6.07) is 3.63. The van der Waals surface area contributed by atoms with Gasteiger partial charge < -0.3 is 5.73 Å². The predicted octanol–water partition coefficient (Wildman–Crippen LogP) is 0.422. The number of aliphatic imine (C=N–C) groups is 1. The molecule has 1 aliphatic rings. The third-order valence-electron chi connectivity index (χ3n) is 2.23. The first kappa shape index (κ1) is 11.6. The first-order valence-electron chi connectivity index (χ1n) is 4.93. The highest BCUT2D eigenvalue weighted by Crippen LogP contribution is 2.25. The molecule has 0 spiro atoms. The highest BCUT2D eigenvalue weighted by Gasteiger charge is 2.16. The number of urea groups is 1. The zero-order chi connectivity index (χ0) is 13.1. The number of carbonyl (C=O) groups excluding carboxylic acids is 3. The lowest BCUT2D eigenvalue weighted by molar-refractivity contribution is 0.106. The van der Waals surface area contributed by atoms with E-state index in [4.69, 9.17) is 5.73 Å². The van der Waals surface area contributed by atoms with Gasteiger partial charge in [0.1, 0.15) is 0 Å². The third kappa shape index (κ3) is 2.29. The average molecular weight is 244 g/mol. The molecule has 90 valence electrons. The van der Waals surface area contributed by atoms with Gasteiger partial charge in [0.15, 0.2) is 0 Å². The van der Waals surface area contributed by atoms with Gasteiger partial charge in [-0.05, 0) is 12.1 Å². The Balaban J connectivity index is 2.18. The smallest absolute Gasteiger partial charge is 0.332 e. The number of nitrogens with zero attached hydrogens (tertiary/aromatic N) is 2. The maximum absolute atomic E-state index is 11.6. The fourth-order valence-corrected chi connectivity index (χ4v) is 1.43. The van der Waals surface area contributed by atoms with Crippen LogP contribution in [-0.4, -0.2) is 30.0 Å². The van der Waals surface area contributed by atoms with Crippen molar-refractivity contribution in [2.24, 2.45) is 15.8 Å². The summed E-state index contributed by atoms with van der Waals surface area (Å²) in [5.41, 5.74) is 7.90. The van der Waals surface area contributed by atoms with Crippen LogP contribution in [0.3, 0.4) is 0 Å². The van der Waals surface area contributed by atoms with E-state index in [1.807, 2.05) is 5.43 Å². The van der Waals surface area contributed by atoms with Gasteiger partial charge in [-0.2, -0.15) is 5.10 Å². The minimum Gasteiger partial charge on any atom is -0.350 e. The molecule has 1 aromatic carbocycles. The Labute approximate surface area is 101 Å². The lowest BCUT2D eigenvalue weighted by Gasteiger charge is -1.99. The first-order chi connectivity index (χ1) is 8.58. The van der Waals surface area contributed by atoms with Crippen molar-refractivity contribution in [2.75, 3.05) is 0 Å². The van der Waals surface area contributed by atoms with E-state index in [0.29, 0.717) is 16.8 Å². The van der Waals surface area contributed by atoms with E-state index < -0.39 is 11.8 Å². The Morgan fingerprint density at radius 3 is 2.89 bits per heavy atom. The van der Waals surface area contributed by atoms with Crippen LogP contribution in [0, 0.1) is 0 Å². The normalized spacial score (nSPS) is 12.8. The SMILES string of the molecule is NC(=O)N/N=C/C(=O)c1ccc2c(c1)N=CC2=O. The van der Waals surface area contributed by atoms with Crippen LogP contribution in [-0.2, 0) is 0 Å². The number of hydrogen-bond acceptors (Lipinski definition) is 5.